The molecule has 10 nitrogen and oxygen atoms in total. The van der Waals surface area contributed by atoms with Gasteiger partial charge in [0.25, 0.3) is 0 Å². The second-order valence-corrected chi connectivity index (χ2v) is 11.3. The van der Waals surface area contributed by atoms with Crippen LogP contribution in [0.3, 0.4) is 0 Å². The highest BCUT2D eigenvalue weighted by Crippen LogP contribution is 2.39. The van der Waals surface area contributed by atoms with Crippen LogP contribution in [0.15, 0.2) is 65.7 Å². The average molecular weight is 564 g/mol. The fourth-order valence-corrected chi connectivity index (χ4v) is 4.99. The standard InChI is InChI=1S/C29H33N5O5S/c1-37-25-14-18(13-21-17-33-29(32)34-28(21)31)15-26(38-2)27(25)39-12-4-5-19-8-11-23(40(3,35)36)16-24(19)20-6-9-22(30)10-7-20/h6-11,14-17H,4-5,12-13,30H2,1-3H3,(H4,31,32,33,34). The largest absolute Gasteiger partial charge is 0.493 e. The van der Waals surface area contributed by atoms with Crippen LogP contribution in [0.4, 0.5) is 17.5 Å². The van der Waals surface area contributed by atoms with E-state index in [4.69, 9.17) is 31.4 Å². The number of anilines is 3. The number of aryl methyl sites for hydroxylation is 1. The van der Waals surface area contributed by atoms with Crippen LogP contribution in [-0.2, 0) is 22.7 Å². The fourth-order valence-electron chi connectivity index (χ4n) is 4.34. The van der Waals surface area contributed by atoms with Crippen LogP contribution in [0.2, 0.25) is 0 Å². The highest BCUT2D eigenvalue weighted by molar-refractivity contribution is 7.90. The molecule has 40 heavy (non-hydrogen) atoms. The van der Waals surface area contributed by atoms with Crippen molar-refractivity contribution in [2.24, 2.45) is 0 Å². The van der Waals surface area contributed by atoms with Gasteiger partial charge in [0.05, 0.1) is 25.7 Å². The van der Waals surface area contributed by atoms with Gasteiger partial charge in [-0.15, -0.1) is 0 Å². The van der Waals surface area contributed by atoms with Crippen LogP contribution >= 0.6 is 0 Å². The van der Waals surface area contributed by atoms with E-state index in [0.717, 1.165) is 27.8 Å². The first-order valence-corrected chi connectivity index (χ1v) is 14.4. The van der Waals surface area contributed by atoms with Crippen molar-refractivity contribution in [3.8, 4) is 28.4 Å². The molecule has 11 heteroatoms. The number of hydrogen-bond acceptors (Lipinski definition) is 10. The molecule has 6 N–H and O–H groups in total. The van der Waals surface area contributed by atoms with Gasteiger partial charge in [0.1, 0.15) is 5.82 Å². The van der Waals surface area contributed by atoms with E-state index < -0.39 is 9.84 Å². The maximum atomic E-state index is 12.2. The minimum absolute atomic E-state index is 0.118. The molecule has 0 unspecified atom stereocenters. The quantitative estimate of drug-likeness (QED) is 0.180. The van der Waals surface area contributed by atoms with Crippen molar-refractivity contribution in [3.63, 3.8) is 0 Å². The van der Waals surface area contributed by atoms with E-state index in [-0.39, 0.29) is 10.8 Å². The summed E-state index contributed by atoms with van der Waals surface area (Å²) < 4.78 is 41.7. The van der Waals surface area contributed by atoms with Gasteiger partial charge in [0.15, 0.2) is 21.3 Å². The summed E-state index contributed by atoms with van der Waals surface area (Å²) >= 11 is 0. The highest BCUT2D eigenvalue weighted by Gasteiger charge is 2.17. The molecule has 0 spiro atoms. The molecule has 0 amide bonds. The first-order valence-electron chi connectivity index (χ1n) is 12.5. The number of nitrogen functional groups attached to an aromatic ring is 3. The van der Waals surface area contributed by atoms with Crippen molar-refractivity contribution < 1.29 is 22.6 Å². The first kappa shape index (κ1) is 28.5. The molecule has 0 saturated carbocycles. The van der Waals surface area contributed by atoms with Crippen LogP contribution in [0.1, 0.15) is 23.1 Å². The Kier molecular flexibility index (Phi) is 8.64. The normalized spacial score (nSPS) is 11.3. The number of methoxy groups -OCH3 is 2. The molecule has 4 aromatic rings. The lowest BCUT2D eigenvalue weighted by Gasteiger charge is -2.17. The van der Waals surface area contributed by atoms with Gasteiger partial charge in [0, 0.05) is 30.1 Å². The lowest BCUT2D eigenvalue weighted by molar-refractivity contribution is 0.270. The van der Waals surface area contributed by atoms with Crippen molar-refractivity contribution >= 4 is 27.3 Å². The Morgan fingerprint density at radius 2 is 1.55 bits per heavy atom. The third kappa shape index (κ3) is 6.73. The Morgan fingerprint density at radius 1 is 0.875 bits per heavy atom. The summed E-state index contributed by atoms with van der Waals surface area (Å²) in [6.07, 6.45) is 4.57. The number of sulfone groups is 1. The number of ether oxygens (including phenoxy) is 3. The molecule has 1 aromatic heterocycles. The molecule has 0 saturated heterocycles. The monoisotopic (exact) mass is 563 g/mol. The van der Waals surface area contributed by atoms with Gasteiger partial charge in [-0.1, -0.05) is 18.2 Å². The molecule has 0 atom stereocenters. The summed E-state index contributed by atoms with van der Waals surface area (Å²) in [7, 11) is -0.232. The van der Waals surface area contributed by atoms with E-state index in [1.165, 1.54) is 6.26 Å². The number of nitrogens with zero attached hydrogens (tertiary/aromatic N) is 2. The van der Waals surface area contributed by atoms with E-state index >= 15 is 0 Å². The topological polar surface area (TPSA) is 166 Å². The Morgan fingerprint density at radius 3 is 2.15 bits per heavy atom. The average Bonchev–Trinajstić information content (AvgIpc) is 2.92. The van der Waals surface area contributed by atoms with Gasteiger partial charge in [0.2, 0.25) is 11.7 Å². The molecule has 0 aliphatic carbocycles. The van der Waals surface area contributed by atoms with Crippen LogP contribution in [0.5, 0.6) is 17.2 Å². The summed E-state index contributed by atoms with van der Waals surface area (Å²) in [4.78, 5) is 8.30. The van der Waals surface area contributed by atoms with E-state index in [1.807, 2.05) is 30.3 Å². The van der Waals surface area contributed by atoms with Gasteiger partial charge >= 0.3 is 0 Å². The summed E-state index contributed by atoms with van der Waals surface area (Å²) in [5.41, 5.74) is 22.4. The Hall–Kier alpha value is -4.51. The van der Waals surface area contributed by atoms with Crippen molar-refractivity contribution in [1.29, 1.82) is 0 Å². The predicted molar refractivity (Wildman–Crippen MR) is 156 cm³/mol. The zero-order valence-corrected chi connectivity index (χ0v) is 23.5. The second kappa shape index (κ2) is 12.1. The third-order valence-corrected chi connectivity index (χ3v) is 7.51. The minimum Gasteiger partial charge on any atom is -0.493 e. The van der Waals surface area contributed by atoms with Gasteiger partial charge < -0.3 is 31.4 Å². The Labute approximate surface area is 234 Å². The van der Waals surface area contributed by atoms with Gasteiger partial charge in [-0.2, -0.15) is 4.98 Å². The molecule has 0 radical (unpaired) electrons. The zero-order chi connectivity index (χ0) is 28.9. The van der Waals surface area contributed by atoms with Gasteiger partial charge in [-0.3, -0.25) is 0 Å². The lowest BCUT2D eigenvalue weighted by atomic mass is 9.96. The molecule has 0 bridgehead atoms. The molecule has 4 rings (SSSR count). The van der Waals surface area contributed by atoms with Crippen LogP contribution in [0, 0.1) is 0 Å². The van der Waals surface area contributed by atoms with E-state index in [2.05, 4.69) is 9.97 Å². The molecule has 0 fully saturated rings. The molecular weight excluding hydrogens is 530 g/mol. The molecule has 3 aromatic carbocycles. The number of aromatic nitrogens is 2. The van der Waals surface area contributed by atoms with Gasteiger partial charge in [-0.25, -0.2) is 13.4 Å². The molecule has 0 aliphatic heterocycles. The Bertz CT molecular complexity index is 1580. The number of nitrogens with two attached hydrogens (primary N) is 3. The summed E-state index contributed by atoms with van der Waals surface area (Å²) in [6, 6.07) is 16.3. The van der Waals surface area contributed by atoms with Crippen molar-refractivity contribution in [2.75, 3.05) is 44.3 Å². The third-order valence-electron chi connectivity index (χ3n) is 6.40. The second-order valence-electron chi connectivity index (χ2n) is 9.31. The maximum absolute atomic E-state index is 12.2. The van der Waals surface area contributed by atoms with Crippen LogP contribution < -0.4 is 31.4 Å². The van der Waals surface area contributed by atoms with Crippen LogP contribution in [0.25, 0.3) is 11.1 Å². The van der Waals surface area contributed by atoms with E-state index in [9.17, 15) is 8.42 Å². The van der Waals surface area contributed by atoms with E-state index in [0.29, 0.717) is 54.6 Å². The van der Waals surface area contributed by atoms with Gasteiger partial charge in [-0.05, 0) is 71.5 Å². The summed E-state index contributed by atoms with van der Waals surface area (Å²) in [6.45, 7) is 0.375. The SMILES string of the molecule is COc1cc(Cc2cnc(N)nc2N)cc(OC)c1OCCCc1ccc(S(C)(=O)=O)cc1-c1ccc(N)cc1. The lowest BCUT2D eigenvalue weighted by Crippen LogP contribution is -2.06. The smallest absolute Gasteiger partial charge is 0.221 e. The zero-order valence-electron chi connectivity index (χ0n) is 22.7. The Balaban J connectivity index is 1.51. The molecular formula is C29H33N5O5S. The molecule has 1 heterocycles. The first-order chi connectivity index (χ1) is 19.1. The van der Waals surface area contributed by atoms with Crippen molar-refractivity contribution in [2.45, 2.75) is 24.2 Å². The number of benzene rings is 3. The number of hydrogen-bond donors (Lipinski definition) is 3. The summed E-state index contributed by atoms with van der Waals surface area (Å²) in [5, 5.41) is 0. The minimum atomic E-state index is -3.36. The van der Waals surface area contributed by atoms with E-state index in [1.54, 1.807) is 44.7 Å². The van der Waals surface area contributed by atoms with Crippen molar-refractivity contribution in [3.05, 3.63) is 77.5 Å². The fraction of sp³-hybridized carbons (Fsp3) is 0.241. The van der Waals surface area contributed by atoms with Crippen molar-refractivity contribution in [1.82, 2.24) is 9.97 Å². The molecule has 210 valence electrons. The summed E-state index contributed by atoms with van der Waals surface area (Å²) in [5.74, 6) is 1.95. The highest BCUT2D eigenvalue weighted by atomic mass is 32.2. The predicted octanol–water partition coefficient (Wildman–Crippen LogP) is 3.91. The maximum Gasteiger partial charge on any atom is 0.221 e. The number of rotatable bonds is 11. The van der Waals surface area contributed by atoms with Crippen LogP contribution in [-0.4, -0.2) is 45.5 Å². The molecule has 0 aliphatic rings.